The minimum Gasteiger partial charge on any atom is -0.485 e. The Hall–Kier alpha value is -3.09. The molecule has 0 fully saturated rings. The Balaban J connectivity index is 1.46. The fourth-order valence-corrected chi connectivity index (χ4v) is 2.17. The number of ether oxygens (including phenoxy) is 3. The summed E-state index contributed by atoms with van der Waals surface area (Å²) < 4.78 is 34.4. The first kappa shape index (κ1) is 13.6. The van der Waals surface area contributed by atoms with Gasteiger partial charge in [0.25, 0.3) is 5.89 Å². The predicted molar refractivity (Wildman–Crippen MR) is 76.6 cm³/mol. The molecule has 2 heterocycles. The van der Waals surface area contributed by atoms with Gasteiger partial charge in [0, 0.05) is 11.6 Å². The van der Waals surface area contributed by atoms with Gasteiger partial charge in [0.05, 0.1) is 0 Å². The van der Waals surface area contributed by atoms with Crippen molar-refractivity contribution in [2.75, 3.05) is 6.79 Å². The van der Waals surface area contributed by atoms with Crippen LogP contribution in [0.5, 0.6) is 17.2 Å². The van der Waals surface area contributed by atoms with Gasteiger partial charge in [0.2, 0.25) is 12.6 Å². The summed E-state index contributed by atoms with van der Waals surface area (Å²) in [6.45, 7) is 0.332. The molecule has 0 bridgehead atoms. The zero-order valence-electron chi connectivity index (χ0n) is 11.9. The summed E-state index contributed by atoms with van der Waals surface area (Å²) in [6, 6.07) is 11.2. The van der Waals surface area contributed by atoms with Crippen molar-refractivity contribution in [3.63, 3.8) is 0 Å². The van der Waals surface area contributed by atoms with E-state index in [0.29, 0.717) is 28.6 Å². The normalized spacial score (nSPS) is 12.4. The van der Waals surface area contributed by atoms with Crippen molar-refractivity contribution in [2.24, 2.45) is 0 Å². The SMILES string of the molecule is Fc1cccc(-c2nc(COc3ccc4c(c3)OCO4)no2)c1. The standard InChI is InChI=1S/C16H11FN2O4/c17-11-3-1-2-10(6-11)16-18-15(19-23-16)8-20-12-4-5-13-14(7-12)22-9-21-13/h1-7H,8-9H2. The van der Waals surface area contributed by atoms with Gasteiger partial charge in [0.15, 0.2) is 18.1 Å². The first-order valence-electron chi connectivity index (χ1n) is 6.89. The van der Waals surface area contributed by atoms with Crippen LogP contribution in [0.4, 0.5) is 4.39 Å². The quantitative estimate of drug-likeness (QED) is 0.737. The number of halogens is 1. The molecule has 0 spiro atoms. The number of rotatable bonds is 4. The summed E-state index contributed by atoms with van der Waals surface area (Å²) in [5.41, 5.74) is 0.520. The molecule has 0 unspecified atom stereocenters. The second kappa shape index (κ2) is 5.60. The van der Waals surface area contributed by atoms with Crippen LogP contribution >= 0.6 is 0 Å². The van der Waals surface area contributed by atoms with E-state index >= 15 is 0 Å². The van der Waals surface area contributed by atoms with Crippen LogP contribution < -0.4 is 14.2 Å². The maximum absolute atomic E-state index is 13.2. The highest BCUT2D eigenvalue weighted by Gasteiger charge is 2.14. The molecule has 7 heteroatoms. The Morgan fingerprint density at radius 1 is 1.09 bits per heavy atom. The molecular formula is C16H11FN2O4. The summed E-state index contributed by atoms with van der Waals surface area (Å²) >= 11 is 0. The predicted octanol–water partition coefficient (Wildman–Crippen LogP) is 3.18. The molecule has 3 aromatic rings. The molecule has 4 rings (SSSR count). The number of hydrogen-bond donors (Lipinski definition) is 0. The topological polar surface area (TPSA) is 66.6 Å². The van der Waals surface area contributed by atoms with E-state index < -0.39 is 0 Å². The average molecular weight is 314 g/mol. The molecule has 116 valence electrons. The van der Waals surface area contributed by atoms with Crippen molar-refractivity contribution in [1.82, 2.24) is 10.1 Å². The Labute approximate surface area is 130 Å². The number of fused-ring (bicyclic) bond motifs is 1. The number of benzene rings is 2. The van der Waals surface area contributed by atoms with Crippen molar-refractivity contribution in [3.05, 3.63) is 54.1 Å². The summed E-state index contributed by atoms with van der Waals surface area (Å²) in [6.07, 6.45) is 0. The molecular weight excluding hydrogens is 303 g/mol. The lowest BCUT2D eigenvalue weighted by Gasteiger charge is -2.03. The van der Waals surface area contributed by atoms with Gasteiger partial charge in [-0.05, 0) is 30.3 Å². The van der Waals surface area contributed by atoms with Crippen LogP contribution in [0.15, 0.2) is 47.0 Å². The highest BCUT2D eigenvalue weighted by atomic mass is 19.1. The smallest absolute Gasteiger partial charge is 0.258 e. The van der Waals surface area contributed by atoms with E-state index in [9.17, 15) is 4.39 Å². The fraction of sp³-hybridized carbons (Fsp3) is 0.125. The van der Waals surface area contributed by atoms with Crippen molar-refractivity contribution in [3.8, 4) is 28.7 Å². The molecule has 1 aliphatic heterocycles. The maximum atomic E-state index is 13.2. The lowest BCUT2D eigenvalue weighted by Crippen LogP contribution is -1.97. The fourth-order valence-electron chi connectivity index (χ4n) is 2.17. The number of hydrogen-bond acceptors (Lipinski definition) is 6. The van der Waals surface area contributed by atoms with Gasteiger partial charge < -0.3 is 18.7 Å². The Morgan fingerprint density at radius 3 is 2.91 bits per heavy atom. The molecule has 0 N–H and O–H groups in total. The van der Waals surface area contributed by atoms with Gasteiger partial charge >= 0.3 is 0 Å². The lowest BCUT2D eigenvalue weighted by atomic mass is 10.2. The van der Waals surface area contributed by atoms with Crippen molar-refractivity contribution >= 4 is 0 Å². The second-order valence-corrected chi connectivity index (χ2v) is 4.83. The Bertz CT molecular complexity index is 850. The molecule has 0 radical (unpaired) electrons. The van der Waals surface area contributed by atoms with Crippen LogP contribution in [0.2, 0.25) is 0 Å². The highest BCUT2D eigenvalue weighted by molar-refractivity contribution is 5.52. The van der Waals surface area contributed by atoms with Gasteiger partial charge in [-0.3, -0.25) is 0 Å². The van der Waals surface area contributed by atoms with E-state index in [4.69, 9.17) is 18.7 Å². The van der Waals surface area contributed by atoms with Crippen LogP contribution in [0.3, 0.4) is 0 Å². The minimum absolute atomic E-state index is 0.123. The van der Waals surface area contributed by atoms with Crippen LogP contribution in [0.25, 0.3) is 11.5 Å². The molecule has 1 aromatic heterocycles. The van der Waals surface area contributed by atoms with Gasteiger partial charge in [-0.2, -0.15) is 4.98 Å². The average Bonchev–Trinajstić information content (AvgIpc) is 3.21. The van der Waals surface area contributed by atoms with Gasteiger partial charge in [0.1, 0.15) is 11.6 Å². The summed E-state index contributed by atoms with van der Waals surface area (Å²) in [4.78, 5) is 4.18. The second-order valence-electron chi connectivity index (χ2n) is 4.83. The monoisotopic (exact) mass is 314 g/mol. The van der Waals surface area contributed by atoms with E-state index in [1.807, 2.05) is 0 Å². The number of nitrogens with zero attached hydrogens (tertiary/aromatic N) is 2. The molecule has 23 heavy (non-hydrogen) atoms. The molecule has 0 amide bonds. The first-order valence-corrected chi connectivity index (χ1v) is 6.89. The third-order valence-electron chi connectivity index (χ3n) is 3.25. The van der Waals surface area contributed by atoms with Crippen LogP contribution in [0.1, 0.15) is 5.82 Å². The third kappa shape index (κ3) is 2.80. The van der Waals surface area contributed by atoms with Crippen molar-refractivity contribution in [1.29, 1.82) is 0 Å². The molecule has 0 aliphatic carbocycles. The zero-order chi connectivity index (χ0) is 15.6. The minimum atomic E-state index is -0.362. The summed E-state index contributed by atoms with van der Waals surface area (Å²) in [5.74, 6) is 2.17. The van der Waals surface area contributed by atoms with E-state index in [1.54, 1.807) is 30.3 Å². The lowest BCUT2D eigenvalue weighted by molar-refractivity contribution is 0.173. The highest BCUT2D eigenvalue weighted by Crippen LogP contribution is 2.35. The van der Waals surface area contributed by atoms with Crippen LogP contribution in [0, 0.1) is 5.82 Å². The van der Waals surface area contributed by atoms with Gasteiger partial charge in [-0.1, -0.05) is 11.2 Å². The summed E-state index contributed by atoms with van der Waals surface area (Å²) in [5, 5.41) is 3.82. The van der Waals surface area contributed by atoms with Crippen LogP contribution in [-0.4, -0.2) is 16.9 Å². The van der Waals surface area contributed by atoms with Crippen molar-refractivity contribution < 1.29 is 23.1 Å². The Kier molecular flexibility index (Phi) is 3.30. The van der Waals surface area contributed by atoms with Gasteiger partial charge in [-0.25, -0.2) is 4.39 Å². The molecule has 6 nitrogen and oxygen atoms in total. The molecule has 0 atom stereocenters. The third-order valence-corrected chi connectivity index (χ3v) is 3.25. The molecule has 2 aromatic carbocycles. The zero-order valence-corrected chi connectivity index (χ0v) is 11.9. The van der Waals surface area contributed by atoms with E-state index in [2.05, 4.69) is 10.1 Å². The van der Waals surface area contributed by atoms with E-state index in [0.717, 1.165) is 0 Å². The van der Waals surface area contributed by atoms with Crippen molar-refractivity contribution in [2.45, 2.75) is 6.61 Å². The summed E-state index contributed by atoms with van der Waals surface area (Å²) in [7, 11) is 0. The Morgan fingerprint density at radius 2 is 2.00 bits per heavy atom. The van der Waals surface area contributed by atoms with Crippen LogP contribution in [-0.2, 0) is 6.61 Å². The molecule has 1 aliphatic rings. The molecule has 0 saturated heterocycles. The number of aromatic nitrogens is 2. The first-order chi connectivity index (χ1) is 11.3. The maximum Gasteiger partial charge on any atom is 0.258 e. The van der Waals surface area contributed by atoms with E-state index in [1.165, 1.54) is 12.1 Å². The molecule has 0 saturated carbocycles. The van der Waals surface area contributed by atoms with Gasteiger partial charge in [-0.15, -0.1) is 0 Å². The largest absolute Gasteiger partial charge is 0.485 e. The van der Waals surface area contributed by atoms with E-state index in [-0.39, 0.29) is 25.1 Å².